The van der Waals surface area contributed by atoms with E-state index in [1.165, 1.54) is 5.56 Å². The summed E-state index contributed by atoms with van der Waals surface area (Å²) in [5.41, 5.74) is 8.53. The van der Waals surface area contributed by atoms with Gasteiger partial charge in [-0.05, 0) is 24.6 Å². The fraction of sp³-hybridized carbons (Fsp3) is 0.316. The molecule has 2 aromatic heterocycles. The van der Waals surface area contributed by atoms with Gasteiger partial charge in [0.25, 0.3) is 0 Å². The molecule has 6 nitrogen and oxygen atoms in total. The first kappa shape index (κ1) is 15.9. The number of nitrogens with two attached hydrogens (primary N) is 1. The molecule has 128 valence electrons. The standard InChI is InChI=1S/C19H21N5O/c1-13(19-22-18(23-25-19)15-8-5-9-21-10-15)24-11-16(17(20)12-24)14-6-3-2-4-7-14/h2-10,13,16-17H,11-12,20H2,1H3/t13?,16-,17+/m0/s1. The van der Waals surface area contributed by atoms with Crippen molar-refractivity contribution >= 4 is 0 Å². The van der Waals surface area contributed by atoms with E-state index in [0.717, 1.165) is 18.7 Å². The zero-order valence-electron chi connectivity index (χ0n) is 14.1. The van der Waals surface area contributed by atoms with E-state index in [1.807, 2.05) is 18.2 Å². The Morgan fingerprint density at radius 1 is 1.16 bits per heavy atom. The Balaban J connectivity index is 1.50. The Labute approximate surface area is 146 Å². The van der Waals surface area contributed by atoms with Crippen LogP contribution in [0, 0.1) is 0 Å². The largest absolute Gasteiger partial charge is 0.337 e. The van der Waals surface area contributed by atoms with Crippen molar-refractivity contribution in [2.24, 2.45) is 5.73 Å². The van der Waals surface area contributed by atoms with E-state index >= 15 is 0 Å². The normalized spacial score (nSPS) is 22.2. The van der Waals surface area contributed by atoms with Gasteiger partial charge in [0.2, 0.25) is 11.7 Å². The predicted molar refractivity (Wildman–Crippen MR) is 94.7 cm³/mol. The first-order valence-corrected chi connectivity index (χ1v) is 8.51. The van der Waals surface area contributed by atoms with Gasteiger partial charge in [-0.2, -0.15) is 4.98 Å². The van der Waals surface area contributed by atoms with Gasteiger partial charge in [0.15, 0.2) is 0 Å². The van der Waals surface area contributed by atoms with Crippen molar-refractivity contribution in [3.8, 4) is 11.4 Å². The molecule has 2 N–H and O–H groups in total. The molecule has 0 saturated carbocycles. The monoisotopic (exact) mass is 335 g/mol. The van der Waals surface area contributed by atoms with E-state index in [0.29, 0.717) is 17.6 Å². The summed E-state index contributed by atoms with van der Waals surface area (Å²) >= 11 is 0. The molecule has 0 spiro atoms. The number of hydrogen-bond acceptors (Lipinski definition) is 6. The minimum absolute atomic E-state index is 0.0256. The van der Waals surface area contributed by atoms with Crippen molar-refractivity contribution in [1.29, 1.82) is 0 Å². The van der Waals surface area contributed by atoms with Gasteiger partial charge in [0.1, 0.15) is 0 Å². The number of likely N-dealkylation sites (tertiary alicyclic amines) is 1. The summed E-state index contributed by atoms with van der Waals surface area (Å²) in [5, 5.41) is 4.09. The third kappa shape index (κ3) is 3.18. The summed E-state index contributed by atoms with van der Waals surface area (Å²) in [4.78, 5) is 11.0. The molecule has 3 atom stereocenters. The van der Waals surface area contributed by atoms with Crippen LogP contribution in [-0.4, -0.2) is 39.2 Å². The van der Waals surface area contributed by atoms with E-state index in [4.69, 9.17) is 10.3 Å². The summed E-state index contributed by atoms with van der Waals surface area (Å²) in [5.74, 6) is 1.50. The molecular formula is C19H21N5O. The molecule has 1 aromatic carbocycles. The highest BCUT2D eigenvalue weighted by Crippen LogP contribution is 2.32. The van der Waals surface area contributed by atoms with Crippen molar-refractivity contribution in [3.05, 3.63) is 66.3 Å². The number of rotatable bonds is 4. The maximum Gasteiger partial charge on any atom is 0.244 e. The third-order valence-corrected chi connectivity index (χ3v) is 4.89. The van der Waals surface area contributed by atoms with Gasteiger partial charge in [0.05, 0.1) is 6.04 Å². The third-order valence-electron chi connectivity index (χ3n) is 4.89. The molecule has 0 amide bonds. The van der Waals surface area contributed by atoms with E-state index in [2.05, 4.69) is 51.2 Å². The molecule has 3 aromatic rings. The summed E-state index contributed by atoms with van der Waals surface area (Å²) in [6, 6.07) is 14.4. The van der Waals surface area contributed by atoms with Gasteiger partial charge < -0.3 is 10.3 Å². The molecule has 1 aliphatic rings. The van der Waals surface area contributed by atoms with Gasteiger partial charge in [-0.25, -0.2) is 0 Å². The Morgan fingerprint density at radius 2 is 2.00 bits per heavy atom. The molecule has 1 fully saturated rings. The van der Waals surface area contributed by atoms with Crippen LogP contribution in [0.5, 0.6) is 0 Å². The summed E-state index contributed by atoms with van der Waals surface area (Å²) in [7, 11) is 0. The van der Waals surface area contributed by atoms with Gasteiger partial charge in [-0.15, -0.1) is 0 Å². The van der Waals surface area contributed by atoms with Gasteiger partial charge in [-0.1, -0.05) is 35.5 Å². The lowest BCUT2D eigenvalue weighted by molar-refractivity contribution is 0.206. The molecular weight excluding hydrogens is 314 g/mol. The summed E-state index contributed by atoms with van der Waals surface area (Å²) in [6.07, 6.45) is 3.46. The van der Waals surface area contributed by atoms with Crippen molar-refractivity contribution in [2.75, 3.05) is 13.1 Å². The highest BCUT2D eigenvalue weighted by Gasteiger charge is 2.35. The molecule has 1 aliphatic heterocycles. The SMILES string of the molecule is CC(c1nc(-c2cccnc2)no1)N1C[C@@H](N)[C@H](c2ccccc2)C1. The zero-order valence-corrected chi connectivity index (χ0v) is 14.1. The topological polar surface area (TPSA) is 81.1 Å². The van der Waals surface area contributed by atoms with Gasteiger partial charge >= 0.3 is 0 Å². The van der Waals surface area contributed by atoms with E-state index in [1.54, 1.807) is 12.4 Å². The molecule has 4 rings (SSSR count). The second-order valence-corrected chi connectivity index (χ2v) is 6.51. The smallest absolute Gasteiger partial charge is 0.244 e. The molecule has 0 radical (unpaired) electrons. The van der Waals surface area contributed by atoms with E-state index < -0.39 is 0 Å². The van der Waals surface area contributed by atoms with Crippen LogP contribution in [0.2, 0.25) is 0 Å². The second kappa shape index (κ2) is 6.74. The van der Waals surface area contributed by atoms with Crippen LogP contribution in [0.15, 0.2) is 59.4 Å². The molecule has 1 unspecified atom stereocenters. The maximum absolute atomic E-state index is 6.40. The second-order valence-electron chi connectivity index (χ2n) is 6.51. The number of benzene rings is 1. The maximum atomic E-state index is 6.40. The van der Waals surface area contributed by atoms with Crippen LogP contribution >= 0.6 is 0 Å². The first-order chi connectivity index (χ1) is 12.2. The van der Waals surface area contributed by atoms with Crippen molar-refractivity contribution in [1.82, 2.24) is 20.0 Å². The predicted octanol–water partition coefficient (Wildman–Crippen LogP) is 2.62. The van der Waals surface area contributed by atoms with Crippen LogP contribution in [0.1, 0.15) is 30.3 Å². The first-order valence-electron chi connectivity index (χ1n) is 8.51. The van der Waals surface area contributed by atoms with Crippen LogP contribution in [0.4, 0.5) is 0 Å². The molecule has 1 saturated heterocycles. The van der Waals surface area contributed by atoms with Crippen molar-refractivity contribution in [3.63, 3.8) is 0 Å². The Morgan fingerprint density at radius 3 is 2.76 bits per heavy atom. The Kier molecular flexibility index (Phi) is 4.29. The number of nitrogens with zero attached hydrogens (tertiary/aromatic N) is 4. The van der Waals surface area contributed by atoms with Crippen LogP contribution < -0.4 is 5.73 Å². The number of aromatic nitrogens is 3. The average Bonchev–Trinajstić information content (AvgIpc) is 3.30. The van der Waals surface area contributed by atoms with Crippen molar-refractivity contribution in [2.45, 2.75) is 24.9 Å². The quantitative estimate of drug-likeness (QED) is 0.789. The van der Waals surface area contributed by atoms with Crippen LogP contribution in [0.25, 0.3) is 11.4 Å². The minimum Gasteiger partial charge on any atom is -0.337 e. The van der Waals surface area contributed by atoms with Crippen LogP contribution in [0.3, 0.4) is 0 Å². The number of hydrogen-bond donors (Lipinski definition) is 1. The Hall–Kier alpha value is -2.57. The summed E-state index contributed by atoms with van der Waals surface area (Å²) < 4.78 is 5.50. The van der Waals surface area contributed by atoms with Crippen LogP contribution in [-0.2, 0) is 0 Å². The molecule has 25 heavy (non-hydrogen) atoms. The minimum atomic E-state index is 0.0256. The molecule has 0 aliphatic carbocycles. The lowest BCUT2D eigenvalue weighted by Crippen LogP contribution is -2.30. The highest BCUT2D eigenvalue weighted by atomic mass is 16.5. The van der Waals surface area contributed by atoms with E-state index in [-0.39, 0.29) is 12.1 Å². The lowest BCUT2D eigenvalue weighted by atomic mass is 9.95. The van der Waals surface area contributed by atoms with Crippen molar-refractivity contribution < 1.29 is 4.52 Å². The zero-order chi connectivity index (χ0) is 17.2. The molecule has 6 heteroatoms. The van der Waals surface area contributed by atoms with Gasteiger partial charge in [0, 0.05) is 43.0 Å². The Bertz CT molecular complexity index is 820. The fourth-order valence-corrected chi connectivity index (χ4v) is 3.40. The highest BCUT2D eigenvalue weighted by molar-refractivity contribution is 5.51. The van der Waals surface area contributed by atoms with E-state index in [9.17, 15) is 0 Å². The number of pyridine rings is 1. The fourth-order valence-electron chi connectivity index (χ4n) is 3.40. The van der Waals surface area contributed by atoms with Gasteiger partial charge in [-0.3, -0.25) is 9.88 Å². The molecule has 0 bridgehead atoms. The summed E-state index contributed by atoms with van der Waals surface area (Å²) in [6.45, 7) is 3.78. The molecule has 3 heterocycles. The average molecular weight is 335 g/mol. The lowest BCUT2D eigenvalue weighted by Gasteiger charge is -2.20.